The van der Waals surface area contributed by atoms with Crippen molar-refractivity contribution < 1.29 is 19.0 Å². The lowest BCUT2D eigenvalue weighted by Crippen LogP contribution is -2.40. The van der Waals surface area contributed by atoms with Crippen molar-refractivity contribution in [1.82, 2.24) is 19.7 Å². The number of nitrogens with zero attached hydrogens (tertiary/aromatic N) is 5. The molecule has 1 aliphatic rings. The number of ether oxygens (including phenoxy) is 1. The number of benzene rings is 1. The molecule has 3 heterocycles. The number of carbonyl (C=O) groups is 1. The molecule has 168 valence electrons. The van der Waals surface area contributed by atoms with Crippen molar-refractivity contribution in [2.24, 2.45) is 0 Å². The summed E-state index contributed by atoms with van der Waals surface area (Å²) in [6.07, 6.45) is 7.08. The molecule has 0 unspecified atom stereocenters. The topological polar surface area (TPSA) is 93.4 Å². The third-order valence-electron chi connectivity index (χ3n) is 5.37. The summed E-state index contributed by atoms with van der Waals surface area (Å²) in [6.45, 7) is 7.31. The number of hydrogen-bond donors (Lipinski definition) is 1. The summed E-state index contributed by atoms with van der Waals surface area (Å²) in [5.74, 6) is -0.0969. The summed E-state index contributed by atoms with van der Waals surface area (Å²) in [5.41, 5.74) is 2.25. The first-order valence-electron chi connectivity index (χ1n) is 10.5. The van der Waals surface area contributed by atoms with Gasteiger partial charge >= 0.3 is 6.01 Å². The first-order valence-corrected chi connectivity index (χ1v) is 10.5. The molecule has 1 amide bonds. The van der Waals surface area contributed by atoms with Gasteiger partial charge in [-0.15, -0.1) is 0 Å². The Morgan fingerprint density at radius 1 is 1.28 bits per heavy atom. The molecule has 32 heavy (non-hydrogen) atoms. The molecule has 4 rings (SSSR count). The summed E-state index contributed by atoms with van der Waals surface area (Å²) in [4.78, 5) is 22.0. The zero-order valence-corrected chi connectivity index (χ0v) is 18.5. The van der Waals surface area contributed by atoms with E-state index in [1.807, 2.05) is 25.3 Å². The predicted octanol–water partition coefficient (Wildman–Crippen LogP) is 3.73. The Morgan fingerprint density at radius 3 is 2.66 bits per heavy atom. The number of carbonyl (C=O) groups excluding carboxylic acids is 1. The zero-order chi connectivity index (χ0) is 23.0. The molecule has 1 aliphatic heterocycles. The van der Waals surface area contributed by atoms with Crippen LogP contribution in [0, 0.1) is 5.82 Å². The fourth-order valence-corrected chi connectivity index (χ4v) is 4.06. The normalized spacial score (nSPS) is 16.1. The van der Waals surface area contributed by atoms with E-state index < -0.39 is 11.4 Å². The number of aliphatic hydroxyl groups is 1. The number of amides is 1. The largest absolute Gasteiger partial charge is 0.423 e. The molecule has 1 atom stereocenters. The van der Waals surface area contributed by atoms with Gasteiger partial charge < -0.3 is 14.7 Å². The van der Waals surface area contributed by atoms with Crippen LogP contribution in [0.1, 0.15) is 39.7 Å². The van der Waals surface area contributed by atoms with E-state index in [2.05, 4.69) is 15.1 Å². The fourth-order valence-electron chi connectivity index (χ4n) is 4.06. The average Bonchev–Trinajstić information content (AvgIpc) is 3.15. The van der Waals surface area contributed by atoms with Crippen molar-refractivity contribution in [3.05, 3.63) is 48.3 Å². The lowest BCUT2D eigenvalue weighted by atomic mass is 9.92. The van der Waals surface area contributed by atoms with Crippen LogP contribution in [0.4, 0.5) is 10.1 Å². The second-order valence-corrected chi connectivity index (χ2v) is 8.74. The number of hydrogen-bond acceptors (Lipinski definition) is 6. The standard InChI is InChI=1S/C23H26FN5O3/c1-14-5-6-19-20(29(14)15(2)30)8-7-18(16-9-27-28(12-16)13-23(3,4)31)21(19)32-22-25-10-17(24)11-26-22/h7-12,14,31H,5-6,13H2,1-4H3/t14-/m0/s1. The van der Waals surface area contributed by atoms with Gasteiger partial charge in [0, 0.05) is 35.9 Å². The molecule has 2 aromatic heterocycles. The highest BCUT2D eigenvalue weighted by Crippen LogP contribution is 2.44. The molecular formula is C23H26FN5O3. The molecule has 3 aromatic rings. The Bertz CT molecular complexity index is 1140. The fraction of sp³-hybridized carbons (Fsp3) is 0.391. The summed E-state index contributed by atoms with van der Waals surface area (Å²) < 4.78 is 21.0. The molecule has 0 fully saturated rings. The van der Waals surface area contributed by atoms with Crippen molar-refractivity contribution >= 4 is 11.6 Å². The number of aromatic nitrogens is 4. The molecule has 0 saturated heterocycles. The maximum absolute atomic E-state index is 13.3. The van der Waals surface area contributed by atoms with Crippen molar-refractivity contribution in [3.8, 4) is 22.9 Å². The zero-order valence-electron chi connectivity index (χ0n) is 18.5. The molecule has 0 saturated carbocycles. The van der Waals surface area contributed by atoms with Crippen LogP contribution in [-0.4, -0.2) is 42.4 Å². The van der Waals surface area contributed by atoms with Gasteiger partial charge in [0.25, 0.3) is 0 Å². The highest BCUT2D eigenvalue weighted by molar-refractivity contribution is 5.95. The van der Waals surface area contributed by atoms with Crippen molar-refractivity contribution in [1.29, 1.82) is 0 Å². The molecule has 1 aromatic carbocycles. The Kier molecular flexibility index (Phi) is 5.68. The van der Waals surface area contributed by atoms with Gasteiger partial charge in [0.05, 0.1) is 36.4 Å². The Morgan fingerprint density at radius 2 is 2.00 bits per heavy atom. The van der Waals surface area contributed by atoms with E-state index in [1.165, 1.54) is 0 Å². The van der Waals surface area contributed by atoms with E-state index in [4.69, 9.17) is 4.74 Å². The van der Waals surface area contributed by atoms with Crippen LogP contribution in [0.25, 0.3) is 11.1 Å². The third-order valence-corrected chi connectivity index (χ3v) is 5.37. The number of fused-ring (bicyclic) bond motifs is 1. The van der Waals surface area contributed by atoms with Gasteiger partial charge in [-0.2, -0.15) is 5.10 Å². The number of halogens is 1. The Labute approximate surface area is 185 Å². The molecule has 8 nitrogen and oxygen atoms in total. The van der Waals surface area contributed by atoms with E-state index >= 15 is 0 Å². The highest BCUT2D eigenvalue weighted by Gasteiger charge is 2.30. The lowest BCUT2D eigenvalue weighted by Gasteiger charge is -2.35. The second kappa shape index (κ2) is 8.31. The molecule has 0 aliphatic carbocycles. The maximum Gasteiger partial charge on any atom is 0.322 e. The Hall–Kier alpha value is -3.33. The average molecular weight is 439 g/mol. The smallest absolute Gasteiger partial charge is 0.322 e. The van der Waals surface area contributed by atoms with Crippen LogP contribution in [0.5, 0.6) is 11.8 Å². The molecule has 9 heteroatoms. The summed E-state index contributed by atoms with van der Waals surface area (Å²) in [5, 5.41) is 14.5. The maximum atomic E-state index is 13.3. The van der Waals surface area contributed by atoms with Gasteiger partial charge in [0.2, 0.25) is 5.91 Å². The van der Waals surface area contributed by atoms with Crippen molar-refractivity contribution in [3.63, 3.8) is 0 Å². The van der Waals surface area contributed by atoms with Crippen molar-refractivity contribution in [2.45, 2.75) is 58.7 Å². The van der Waals surface area contributed by atoms with E-state index in [0.717, 1.165) is 41.2 Å². The minimum Gasteiger partial charge on any atom is -0.423 e. The third kappa shape index (κ3) is 4.47. The monoisotopic (exact) mass is 439 g/mol. The highest BCUT2D eigenvalue weighted by atomic mass is 19.1. The van der Waals surface area contributed by atoms with Gasteiger partial charge in [0.1, 0.15) is 5.75 Å². The van der Waals surface area contributed by atoms with Gasteiger partial charge in [-0.05, 0) is 45.7 Å². The van der Waals surface area contributed by atoms with Crippen LogP contribution in [-0.2, 0) is 17.8 Å². The number of rotatable bonds is 5. The minimum absolute atomic E-state index is 0.0120. The van der Waals surface area contributed by atoms with Crippen LogP contribution in [0.3, 0.4) is 0 Å². The van der Waals surface area contributed by atoms with Gasteiger partial charge in [-0.1, -0.05) is 0 Å². The van der Waals surface area contributed by atoms with E-state index in [0.29, 0.717) is 18.7 Å². The molecule has 0 radical (unpaired) electrons. The Balaban J connectivity index is 1.83. The van der Waals surface area contributed by atoms with Crippen LogP contribution >= 0.6 is 0 Å². The van der Waals surface area contributed by atoms with Gasteiger partial charge in [0.15, 0.2) is 5.82 Å². The molecule has 0 bridgehead atoms. The van der Waals surface area contributed by atoms with E-state index in [1.54, 1.807) is 36.5 Å². The van der Waals surface area contributed by atoms with Crippen LogP contribution in [0.15, 0.2) is 36.9 Å². The quantitative estimate of drug-likeness (QED) is 0.651. The van der Waals surface area contributed by atoms with E-state index in [9.17, 15) is 14.3 Å². The van der Waals surface area contributed by atoms with Crippen LogP contribution < -0.4 is 9.64 Å². The predicted molar refractivity (Wildman–Crippen MR) is 117 cm³/mol. The second-order valence-electron chi connectivity index (χ2n) is 8.74. The SMILES string of the molecule is CC(=O)N1c2ccc(-c3cnn(CC(C)(C)O)c3)c(Oc3ncc(F)cn3)c2CC[C@@H]1C. The van der Waals surface area contributed by atoms with Crippen molar-refractivity contribution in [2.75, 3.05) is 4.90 Å². The van der Waals surface area contributed by atoms with E-state index in [-0.39, 0.29) is 18.0 Å². The summed E-state index contributed by atoms with van der Waals surface area (Å²) >= 11 is 0. The first kappa shape index (κ1) is 21.9. The summed E-state index contributed by atoms with van der Waals surface area (Å²) in [6, 6.07) is 3.86. The van der Waals surface area contributed by atoms with Crippen LogP contribution in [0.2, 0.25) is 0 Å². The first-order chi connectivity index (χ1) is 15.1. The molecular weight excluding hydrogens is 413 g/mol. The minimum atomic E-state index is -0.918. The summed E-state index contributed by atoms with van der Waals surface area (Å²) in [7, 11) is 0. The molecule has 1 N–H and O–H groups in total. The number of anilines is 1. The van der Waals surface area contributed by atoms with Gasteiger partial charge in [-0.25, -0.2) is 14.4 Å². The lowest BCUT2D eigenvalue weighted by molar-refractivity contribution is -0.117. The molecule has 0 spiro atoms. The van der Waals surface area contributed by atoms with Gasteiger partial charge in [-0.3, -0.25) is 9.48 Å².